The largest absolute Gasteiger partial charge is 0.384 e. The van der Waals surface area contributed by atoms with Crippen molar-refractivity contribution in [3.63, 3.8) is 0 Å². The van der Waals surface area contributed by atoms with Gasteiger partial charge in [-0.2, -0.15) is 11.3 Å². The highest BCUT2D eigenvalue weighted by Crippen LogP contribution is 2.21. The number of guanidine groups is 1. The van der Waals surface area contributed by atoms with Gasteiger partial charge < -0.3 is 25.2 Å². The Balaban J connectivity index is 0.00000450. The number of hydrogen-bond donors (Lipinski definition) is 3. The minimum absolute atomic E-state index is 0. The van der Waals surface area contributed by atoms with E-state index in [0.717, 1.165) is 23.2 Å². The Morgan fingerprint density at radius 2 is 1.90 bits per heavy atom. The van der Waals surface area contributed by atoms with Crippen molar-refractivity contribution in [2.45, 2.75) is 39.5 Å². The number of benzene rings is 1. The van der Waals surface area contributed by atoms with Crippen LogP contribution in [0.4, 0.5) is 0 Å². The fourth-order valence-electron chi connectivity index (χ4n) is 2.71. The molecule has 0 saturated carbocycles. The molecule has 0 bridgehead atoms. The highest BCUT2D eigenvalue weighted by atomic mass is 127. The number of hydrogen-bond acceptors (Lipinski definition) is 5. The summed E-state index contributed by atoms with van der Waals surface area (Å²) in [6.07, 6.45) is 0. The van der Waals surface area contributed by atoms with Gasteiger partial charge in [-0.1, -0.05) is 24.3 Å². The fourth-order valence-corrected chi connectivity index (χ4v) is 3.49. The Hall–Kier alpha value is -1.20. The molecule has 2 aromatic rings. The molecule has 8 heteroatoms. The van der Waals surface area contributed by atoms with Crippen LogP contribution < -0.4 is 10.6 Å². The van der Waals surface area contributed by atoms with Crippen LogP contribution in [-0.4, -0.2) is 44.0 Å². The lowest BCUT2D eigenvalue weighted by molar-refractivity contribution is 0.0453. The maximum Gasteiger partial charge on any atom is 0.191 e. The second-order valence-electron chi connectivity index (χ2n) is 6.90. The van der Waals surface area contributed by atoms with Gasteiger partial charge in [-0.3, -0.25) is 0 Å². The number of ether oxygens (including phenoxy) is 2. The Morgan fingerprint density at radius 1 is 1.13 bits per heavy atom. The van der Waals surface area contributed by atoms with Crippen molar-refractivity contribution in [1.29, 1.82) is 0 Å². The van der Waals surface area contributed by atoms with Crippen molar-refractivity contribution in [1.82, 2.24) is 10.6 Å². The lowest BCUT2D eigenvalue weighted by Crippen LogP contribution is -2.44. The van der Waals surface area contributed by atoms with E-state index in [0.29, 0.717) is 45.5 Å². The standard InChI is InChI=1S/C22H33N3O3S.HI/c1-4-23-21(25-17-22(3,26)20-9-12-29-16-20)24-14-18-7-6-8-19(13-18)15-28-11-10-27-5-2;/h6-9,12-13,16,26H,4-5,10-11,14-15,17H2,1-3H3,(H2,23,24,25);1H. The summed E-state index contributed by atoms with van der Waals surface area (Å²) in [6.45, 7) is 9.96. The molecule has 1 unspecified atom stereocenters. The highest BCUT2D eigenvalue weighted by Gasteiger charge is 2.23. The van der Waals surface area contributed by atoms with E-state index in [1.165, 1.54) is 0 Å². The van der Waals surface area contributed by atoms with Crippen molar-refractivity contribution in [2.75, 3.05) is 32.9 Å². The molecule has 6 nitrogen and oxygen atoms in total. The van der Waals surface area contributed by atoms with Gasteiger partial charge in [0.1, 0.15) is 5.60 Å². The van der Waals surface area contributed by atoms with Crippen molar-refractivity contribution >= 4 is 41.3 Å². The van der Waals surface area contributed by atoms with Gasteiger partial charge in [0.15, 0.2) is 5.96 Å². The third-order valence-electron chi connectivity index (χ3n) is 4.34. The lowest BCUT2D eigenvalue weighted by Gasteiger charge is -2.24. The van der Waals surface area contributed by atoms with Gasteiger partial charge in [0.25, 0.3) is 0 Å². The van der Waals surface area contributed by atoms with E-state index in [-0.39, 0.29) is 24.0 Å². The highest BCUT2D eigenvalue weighted by molar-refractivity contribution is 14.0. The summed E-state index contributed by atoms with van der Waals surface area (Å²) in [4.78, 5) is 4.66. The molecule has 1 aromatic carbocycles. The number of aliphatic hydroxyl groups is 1. The molecule has 0 aliphatic rings. The van der Waals surface area contributed by atoms with Crippen LogP contribution in [0.3, 0.4) is 0 Å². The summed E-state index contributed by atoms with van der Waals surface area (Å²) in [6, 6.07) is 10.2. The first-order chi connectivity index (χ1) is 14.0. The summed E-state index contributed by atoms with van der Waals surface area (Å²) in [5, 5.41) is 21.1. The van der Waals surface area contributed by atoms with E-state index in [9.17, 15) is 5.11 Å². The summed E-state index contributed by atoms with van der Waals surface area (Å²) in [7, 11) is 0. The number of nitrogens with one attached hydrogen (secondary N) is 2. The number of rotatable bonds is 12. The first kappa shape index (κ1) is 26.8. The Morgan fingerprint density at radius 3 is 2.60 bits per heavy atom. The van der Waals surface area contributed by atoms with Gasteiger partial charge >= 0.3 is 0 Å². The molecule has 0 aliphatic heterocycles. The van der Waals surface area contributed by atoms with Gasteiger partial charge in [0.2, 0.25) is 0 Å². The molecule has 1 atom stereocenters. The SMILES string of the molecule is CCNC(=NCc1cccc(COCCOCC)c1)NCC(C)(O)c1ccsc1.I. The first-order valence-electron chi connectivity index (χ1n) is 10.1. The van der Waals surface area contributed by atoms with E-state index in [1.807, 2.05) is 36.7 Å². The van der Waals surface area contributed by atoms with E-state index >= 15 is 0 Å². The smallest absolute Gasteiger partial charge is 0.191 e. The monoisotopic (exact) mass is 547 g/mol. The predicted octanol–water partition coefficient (Wildman–Crippen LogP) is 3.88. The van der Waals surface area contributed by atoms with Crippen molar-refractivity contribution < 1.29 is 14.6 Å². The van der Waals surface area contributed by atoms with Crippen LogP contribution in [0.1, 0.15) is 37.5 Å². The van der Waals surface area contributed by atoms with Gasteiger partial charge in [-0.15, -0.1) is 24.0 Å². The Kier molecular flexibility index (Phi) is 13.2. The van der Waals surface area contributed by atoms with Gasteiger partial charge in [0, 0.05) is 13.2 Å². The number of nitrogens with zero attached hydrogens (tertiary/aromatic N) is 1. The summed E-state index contributed by atoms with van der Waals surface area (Å²) < 4.78 is 10.9. The van der Waals surface area contributed by atoms with Crippen LogP contribution in [0.25, 0.3) is 0 Å². The zero-order chi connectivity index (χ0) is 21.0. The molecule has 2 rings (SSSR count). The molecule has 0 spiro atoms. The molecule has 168 valence electrons. The molecule has 3 N–H and O–H groups in total. The molecule has 0 fully saturated rings. The average Bonchev–Trinajstić information content (AvgIpc) is 3.26. The molecule has 0 amide bonds. The van der Waals surface area contributed by atoms with E-state index in [1.54, 1.807) is 18.3 Å². The number of aliphatic imine (C=N–C) groups is 1. The van der Waals surface area contributed by atoms with Crippen LogP contribution in [0.2, 0.25) is 0 Å². The van der Waals surface area contributed by atoms with Gasteiger partial charge in [0.05, 0.1) is 32.9 Å². The van der Waals surface area contributed by atoms with Crippen LogP contribution in [-0.2, 0) is 28.2 Å². The van der Waals surface area contributed by atoms with Crippen LogP contribution in [0, 0.1) is 0 Å². The molecule has 0 aliphatic carbocycles. The molecular formula is C22H34IN3O3S. The molecule has 30 heavy (non-hydrogen) atoms. The van der Waals surface area contributed by atoms with E-state index in [2.05, 4.69) is 33.8 Å². The topological polar surface area (TPSA) is 75.1 Å². The van der Waals surface area contributed by atoms with Crippen LogP contribution >= 0.6 is 35.3 Å². The minimum Gasteiger partial charge on any atom is -0.384 e. The first-order valence-corrected chi connectivity index (χ1v) is 11.0. The van der Waals surface area contributed by atoms with Crippen molar-refractivity contribution in [2.24, 2.45) is 4.99 Å². The third-order valence-corrected chi connectivity index (χ3v) is 5.03. The third kappa shape index (κ3) is 9.74. The predicted molar refractivity (Wildman–Crippen MR) is 135 cm³/mol. The minimum atomic E-state index is -0.949. The van der Waals surface area contributed by atoms with Crippen LogP contribution in [0.15, 0.2) is 46.1 Å². The maximum absolute atomic E-state index is 10.7. The molecular weight excluding hydrogens is 513 g/mol. The van der Waals surface area contributed by atoms with E-state index < -0.39 is 5.60 Å². The zero-order valence-corrected chi connectivity index (χ0v) is 21.2. The fraction of sp³-hybridized carbons (Fsp3) is 0.500. The van der Waals surface area contributed by atoms with Crippen molar-refractivity contribution in [3.8, 4) is 0 Å². The Labute approximate surface area is 201 Å². The second-order valence-corrected chi connectivity index (χ2v) is 7.68. The summed E-state index contributed by atoms with van der Waals surface area (Å²) in [5.74, 6) is 0.682. The molecule has 0 saturated heterocycles. The molecule has 0 radical (unpaired) electrons. The Bertz CT molecular complexity index is 739. The molecule has 1 aromatic heterocycles. The van der Waals surface area contributed by atoms with Gasteiger partial charge in [-0.05, 0) is 54.3 Å². The normalized spacial score (nSPS) is 13.4. The number of halogens is 1. The van der Waals surface area contributed by atoms with Crippen molar-refractivity contribution in [3.05, 3.63) is 57.8 Å². The lowest BCUT2D eigenvalue weighted by atomic mass is 9.99. The zero-order valence-electron chi connectivity index (χ0n) is 18.0. The quantitative estimate of drug-likeness (QED) is 0.163. The second kappa shape index (κ2) is 14.7. The summed E-state index contributed by atoms with van der Waals surface area (Å²) >= 11 is 1.58. The number of thiophene rings is 1. The molecule has 1 heterocycles. The average molecular weight is 548 g/mol. The van der Waals surface area contributed by atoms with Crippen LogP contribution in [0.5, 0.6) is 0 Å². The maximum atomic E-state index is 10.7. The summed E-state index contributed by atoms with van der Waals surface area (Å²) in [5.41, 5.74) is 2.18. The van der Waals surface area contributed by atoms with Gasteiger partial charge in [-0.25, -0.2) is 4.99 Å². The van der Waals surface area contributed by atoms with E-state index in [4.69, 9.17) is 9.47 Å².